The SMILES string of the molecule is CCCCCCCCCCCc1ccc([O-])c(C(=O)O)c1.[Na+]. The maximum atomic E-state index is 11.4. The molecule has 22 heavy (non-hydrogen) atoms. The molecule has 0 aliphatic heterocycles. The first kappa shape index (κ1) is 21.5. The van der Waals surface area contributed by atoms with Gasteiger partial charge >= 0.3 is 35.5 Å². The van der Waals surface area contributed by atoms with Crippen molar-refractivity contribution in [1.29, 1.82) is 0 Å². The molecule has 0 atom stereocenters. The van der Waals surface area contributed by atoms with E-state index >= 15 is 0 Å². The van der Waals surface area contributed by atoms with Crippen LogP contribution in [0.15, 0.2) is 18.2 Å². The Balaban J connectivity index is 0.00000441. The fourth-order valence-electron chi connectivity index (χ4n) is 2.54. The molecule has 0 fully saturated rings. The molecule has 0 saturated carbocycles. The molecule has 1 aromatic carbocycles. The number of hydrogen-bond acceptors (Lipinski definition) is 2. The second-order valence-electron chi connectivity index (χ2n) is 5.71. The Morgan fingerprint density at radius 3 is 2.09 bits per heavy atom. The van der Waals surface area contributed by atoms with Crippen molar-refractivity contribution in [2.75, 3.05) is 0 Å². The molecule has 3 nitrogen and oxygen atoms in total. The van der Waals surface area contributed by atoms with Crippen LogP contribution in [0.25, 0.3) is 0 Å². The van der Waals surface area contributed by atoms with Crippen molar-refractivity contribution >= 4 is 5.97 Å². The van der Waals surface area contributed by atoms with E-state index in [-0.39, 0.29) is 35.1 Å². The predicted octanol–water partition coefficient (Wildman–Crippen LogP) is 1.54. The summed E-state index contributed by atoms with van der Waals surface area (Å²) in [5.41, 5.74) is 0.846. The van der Waals surface area contributed by atoms with Gasteiger partial charge in [-0.1, -0.05) is 76.2 Å². The third-order valence-corrected chi connectivity index (χ3v) is 3.84. The van der Waals surface area contributed by atoms with E-state index in [0.717, 1.165) is 18.4 Å². The van der Waals surface area contributed by atoms with Gasteiger partial charge in [0.05, 0.1) is 5.56 Å². The second kappa shape index (κ2) is 13.0. The van der Waals surface area contributed by atoms with Crippen LogP contribution in [0.3, 0.4) is 0 Å². The first-order chi connectivity index (χ1) is 10.1. The van der Waals surface area contributed by atoms with Crippen LogP contribution in [-0.2, 0) is 6.42 Å². The monoisotopic (exact) mass is 314 g/mol. The third kappa shape index (κ3) is 8.82. The molecule has 0 spiro atoms. The number of carboxylic acid groups (broad SMARTS) is 1. The largest absolute Gasteiger partial charge is 1.00 e. The van der Waals surface area contributed by atoms with E-state index in [2.05, 4.69) is 6.92 Å². The maximum absolute atomic E-state index is 11.4. The van der Waals surface area contributed by atoms with E-state index in [1.165, 1.54) is 63.5 Å². The molecule has 0 radical (unpaired) electrons. The second-order valence-corrected chi connectivity index (χ2v) is 5.71. The van der Waals surface area contributed by atoms with Gasteiger partial charge < -0.3 is 10.2 Å². The summed E-state index contributed by atoms with van der Waals surface area (Å²) in [5, 5.41) is 20.3. The molecule has 0 bridgehead atoms. The average molecular weight is 314 g/mol. The first-order valence-corrected chi connectivity index (χ1v) is 8.18. The molecule has 0 amide bonds. The van der Waals surface area contributed by atoms with E-state index < -0.39 is 11.7 Å². The molecule has 1 aromatic rings. The molecule has 0 heterocycles. The summed E-state index contributed by atoms with van der Waals surface area (Å²) >= 11 is 0. The van der Waals surface area contributed by atoms with Gasteiger partial charge in [-0.25, -0.2) is 4.79 Å². The van der Waals surface area contributed by atoms with Crippen molar-refractivity contribution in [2.45, 2.75) is 71.1 Å². The Kier molecular flexibility index (Phi) is 12.7. The van der Waals surface area contributed by atoms with Crippen molar-refractivity contribution in [3.05, 3.63) is 29.3 Å². The van der Waals surface area contributed by atoms with Crippen LogP contribution in [0.2, 0.25) is 0 Å². The molecule has 0 unspecified atom stereocenters. The Bertz CT molecular complexity index is 432. The number of benzene rings is 1. The fraction of sp³-hybridized carbons (Fsp3) is 0.611. The molecule has 0 aliphatic carbocycles. The molecule has 118 valence electrons. The van der Waals surface area contributed by atoms with Gasteiger partial charge in [-0.3, -0.25) is 0 Å². The minimum absolute atomic E-state index is 0. The molecule has 1 N–H and O–H groups in total. The van der Waals surface area contributed by atoms with Gasteiger partial charge in [0, 0.05) is 0 Å². The van der Waals surface area contributed by atoms with Gasteiger partial charge in [0.1, 0.15) is 0 Å². The van der Waals surface area contributed by atoms with Crippen LogP contribution in [0.1, 0.15) is 80.6 Å². The number of unbranched alkanes of at least 4 members (excludes halogenated alkanes) is 8. The Hall–Kier alpha value is -0.510. The summed E-state index contributed by atoms with van der Waals surface area (Å²) in [5.74, 6) is -1.53. The maximum Gasteiger partial charge on any atom is 1.00 e. The normalized spacial score (nSPS) is 10.2. The van der Waals surface area contributed by atoms with E-state index in [4.69, 9.17) is 5.11 Å². The van der Waals surface area contributed by atoms with Crippen molar-refractivity contribution in [3.63, 3.8) is 0 Å². The Labute approximate surface area is 156 Å². The standard InChI is InChI=1S/C18H28O3.Na/c1-2-3-4-5-6-7-8-9-10-11-15-12-13-17(19)16(14-15)18(20)21;/h12-14,19H,2-11H2,1H3,(H,20,21);/q;+1/p-1. The molecular weight excluding hydrogens is 287 g/mol. The van der Waals surface area contributed by atoms with Crippen molar-refractivity contribution < 1.29 is 44.6 Å². The minimum Gasteiger partial charge on any atom is -0.872 e. The van der Waals surface area contributed by atoms with Gasteiger partial charge in [-0.05, 0) is 24.5 Å². The van der Waals surface area contributed by atoms with E-state index in [1.54, 1.807) is 6.07 Å². The molecule has 0 aliphatic rings. The van der Waals surface area contributed by atoms with Crippen LogP contribution in [0.4, 0.5) is 0 Å². The van der Waals surface area contributed by atoms with Gasteiger partial charge in [0.25, 0.3) is 0 Å². The number of aromatic carboxylic acids is 1. The molecule has 0 saturated heterocycles. The van der Waals surface area contributed by atoms with Gasteiger partial charge in [-0.15, -0.1) is 0 Å². The smallest absolute Gasteiger partial charge is 0.872 e. The van der Waals surface area contributed by atoms with Gasteiger partial charge in [0.2, 0.25) is 0 Å². The quantitative estimate of drug-likeness (QED) is 0.498. The zero-order valence-electron chi connectivity index (χ0n) is 14.1. The van der Waals surface area contributed by atoms with Gasteiger partial charge in [-0.2, -0.15) is 0 Å². The fourth-order valence-corrected chi connectivity index (χ4v) is 2.54. The van der Waals surface area contributed by atoms with Crippen LogP contribution < -0.4 is 34.7 Å². The number of carboxylic acids is 1. The number of hydrogen-bond donors (Lipinski definition) is 1. The van der Waals surface area contributed by atoms with Crippen LogP contribution >= 0.6 is 0 Å². The summed E-state index contributed by atoms with van der Waals surface area (Å²) in [7, 11) is 0. The summed E-state index contributed by atoms with van der Waals surface area (Å²) in [4.78, 5) is 10.9. The number of rotatable bonds is 11. The van der Waals surface area contributed by atoms with Crippen LogP contribution in [0, 0.1) is 0 Å². The summed E-state index contributed by atoms with van der Waals surface area (Å²) in [6, 6.07) is 4.64. The Morgan fingerprint density at radius 2 is 1.55 bits per heavy atom. The molecular formula is C18H27NaO3. The first-order valence-electron chi connectivity index (χ1n) is 8.18. The summed E-state index contributed by atoms with van der Waals surface area (Å²) < 4.78 is 0. The van der Waals surface area contributed by atoms with Crippen molar-refractivity contribution in [3.8, 4) is 5.75 Å². The number of aryl methyl sites for hydroxylation is 1. The molecule has 4 heteroatoms. The van der Waals surface area contributed by atoms with Gasteiger partial charge in [0.15, 0.2) is 0 Å². The van der Waals surface area contributed by atoms with Crippen LogP contribution in [0.5, 0.6) is 5.75 Å². The topological polar surface area (TPSA) is 60.4 Å². The van der Waals surface area contributed by atoms with Crippen molar-refractivity contribution in [1.82, 2.24) is 0 Å². The minimum atomic E-state index is -1.13. The van der Waals surface area contributed by atoms with E-state index in [1.807, 2.05) is 0 Å². The zero-order valence-corrected chi connectivity index (χ0v) is 16.1. The van der Waals surface area contributed by atoms with E-state index in [9.17, 15) is 9.90 Å². The average Bonchev–Trinajstić information content (AvgIpc) is 2.47. The van der Waals surface area contributed by atoms with E-state index in [0.29, 0.717) is 0 Å². The third-order valence-electron chi connectivity index (χ3n) is 3.84. The molecule has 0 aromatic heterocycles. The zero-order chi connectivity index (χ0) is 15.5. The summed E-state index contributed by atoms with van der Waals surface area (Å²) in [6.45, 7) is 2.23. The predicted molar refractivity (Wildman–Crippen MR) is 83.8 cm³/mol. The Morgan fingerprint density at radius 1 is 1.00 bits per heavy atom. The number of carbonyl (C=O) groups is 1. The summed E-state index contributed by atoms with van der Waals surface area (Å²) in [6.07, 6.45) is 12.3. The van der Waals surface area contributed by atoms with Crippen LogP contribution in [-0.4, -0.2) is 11.1 Å². The van der Waals surface area contributed by atoms with Crippen molar-refractivity contribution in [2.24, 2.45) is 0 Å². The molecule has 1 rings (SSSR count).